The minimum absolute atomic E-state index is 0.0699. The van der Waals surface area contributed by atoms with E-state index < -0.39 is 11.9 Å². The fraction of sp³-hybridized carbons (Fsp3) is 0.346. The van der Waals surface area contributed by atoms with Gasteiger partial charge in [-0.1, -0.05) is 54.9 Å². The lowest BCUT2D eigenvalue weighted by atomic mass is 9.84. The molecule has 1 aliphatic heterocycles. The van der Waals surface area contributed by atoms with E-state index in [9.17, 15) is 14.9 Å². The summed E-state index contributed by atoms with van der Waals surface area (Å²) in [5, 5.41) is 17.0. The minimum Gasteiger partial charge on any atom is -0.468 e. The number of furan rings is 1. The third-order valence-electron chi connectivity index (χ3n) is 5.90. The van der Waals surface area contributed by atoms with Crippen molar-refractivity contribution >= 4 is 29.3 Å². The van der Waals surface area contributed by atoms with E-state index in [0.29, 0.717) is 27.6 Å². The van der Waals surface area contributed by atoms with Crippen LogP contribution in [0.3, 0.4) is 0 Å². The molecule has 2 aliphatic rings. The number of nitrogens with zero attached hydrogens (tertiary/aromatic N) is 1. The van der Waals surface area contributed by atoms with Gasteiger partial charge in [0.15, 0.2) is 0 Å². The molecule has 1 amide bonds. The SMILES string of the molecule is CCOC(=O)C1=C(c2ccccc2)NC(SCC(=O)NC2CCCC2)=C(C#N)[C@H]1c1ccco1. The third kappa shape index (κ3) is 5.20. The highest BCUT2D eigenvalue weighted by molar-refractivity contribution is 8.03. The summed E-state index contributed by atoms with van der Waals surface area (Å²) in [6.07, 6.45) is 5.79. The van der Waals surface area contributed by atoms with E-state index in [1.165, 1.54) is 18.0 Å². The van der Waals surface area contributed by atoms with E-state index in [-0.39, 0.29) is 24.3 Å². The van der Waals surface area contributed by atoms with Crippen LogP contribution in [0.1, 0.15) is 49.8 Å². The lowest BCUT2D eigenvalue weighted by Gasteiger charge is -2.29. The highest BCUT2D eigenvalue weighted by Crippen LogP contribution is 2.43. The number of dihydropyridines is 1. The number of carbonyl (C=O) groups is 2. The van der Waals surface area contributed by atoms with Gasteiger partial charge in [-0.25, -0.2) is 4.79 Å². The fourth-order valence-electron chi connectivity index (χ4n) is 4.38. The molecule has 34 heavy (non-hydrogen) atoms. The van der Waals surface area contributed by atoms with Crippen molar-refractivity contribution in [3.8, 4) is 6.07 Å². The second-order valence-electron chi connectivity index (χ2n) is 8.14. The van der Waals surface area contributed by atoms with Crippen LogP contribution in [0.5, 0.6) is 0 Å². The highest BCUT2D eigenvalue weighted by atomic mass is 32.2. The fourth-order valence-corrected chi connectivity index (χ4v) is 5.23. The Balaban J connectivity index is 1.71. The van der Waals surface area contributed by atoms with E-state index in [4.69, 9.17) is 9.15 Å². The van der Waals surface area contributed by atoms with Gasteiger partial charge >= 0.3 is 5.97 Å². The molecule has 1 fully saturated rings. The van der Waals surface area contributed by atoms with Gasteiger partial charge in [0.2, 0.25) is 5.91 Å². The van der Waals surface area contributed by atoms with Crippen molar-refractivity contribution in [1.82, 2.24) is 10.6 Å². The number of esters is 1. The van der Waals surface area contributed by atoms with E-state index in [1.807, 2.05) is 30.3 Å². The first kappa shape index (κ1) is 23.7. The van der Waals surface area contributed by atoms with E-state index in [1.54, 1.807) is 19.1 Å². The Bertz CT molecular complexity index is 1130. The maximum absolute atomic E-state index is 13.2. The first-order chi connectivity index (χ1) is 16.6. The zero-order chi connectivity index (χ0) is 23.9. The van der Waals surface area contributed by atoms with Crippen LogP contribution in [0.4, 0.5) is 0 Å². The van der Waals surface area contributed by atoms with Gasteiger partial charge in [-0.2, -0.15) is 5.26 Å². The second kappa shape index (κ2) is 11.1. The summed E-state index contributed by atoms with van der Waals surface area (Å²) in [6, 6.07) is 15.3. The number of ether oxygens (including phenoxy) is 1. The first-order valence-electron chi connectivity index (χ1n) is 11.5. The summed E-state index contributed by atoms with van der Waals surface area (Å²) in [6.45, 7) is 1.94. The monoisotopic (exact) mass is 477 g/mol. The Kier molecular flexibility index (Phi) is 7.76. The van der Waals surface area contributed by atoms with Gasteiger partial charge in [0, 0.05) is 6.04 Å². The average molecular weight is 478 g/mol. The molecule has 2 aromatic rings. The van der Waals surface area contributed by atoms with Crippen molar-refractivity contribution in [3.63, 3.8) is 0 Å². The van der Waals surface area contributed by atoms with Crippen LogP contribution < -0.4 is 10.6 Å². The number of hydrogen-bond acceptors (Lipinski definition) is 7. The molecule has 2 heterocycles. The number of nitriles is 1. The third-order valence-corrected chi connectivity index (χ3v) is 6.92. The molecule has 0 bridgehead atoms. The zero-order valence-electron chi connectivity index (χ0n) is 19.0. The Labute approximate surface area is 203 Å². The van der Waals surface area contributed by atoms with E-state index >= 15 is 0 Å². The zero-order valence-corrected chi connectivity index (χ0v) is 19.8. The largest absolute Gasteiger partial charge is 0.468 e. The van der Waals surface area contributed by atoms with Crippen molar-refractivity contribution in [1.29, 1.82) is 5.26 Å². The van der Waals surface area contributed by atoms with Crippen molar-refractivity contribution in [2.75, 3.05) is 12.4 Å². The Hall–Kier alpha value is -3.44. The second-order valence-corrected chi connectivity index (χ2v) is 9.13. The van der Waals surface area contributed by atoms with Crippen LogP contribution in [0.25, 0.3) is 5.70 Å². The molecule has 0 saturated heterocycles. The molecule has 1 aromatic carbocycles. The molecule has 0 unspecified atom stereocenters. The van der Waals surface area contributed by atoms with Crippen molar-refractivity contribution < 1.29 is 18.7 Å². The van der Waals surface area contributed by atoms with Gasteiger partial charge in [0.05, 0.1) is 52.5 Å². The number of carbonyl (C=O) groups excluding carboxylic acids is 2. The number of rotatable bonds is 8. The maximum atomic E-state index is 13.2. The Morgan fingerprint density at radius 2 is 1.97 bits per heavy atom. The van der Waals surface area contributed by atoms with Gasteiger partial charge in [-0.05, 0) is 37.5 Å². The van der Waals surface area contributed by atoms with Crippen molar-refractivity contribution in [3.05, 3.63) is 76.2 Å². The normalized spacial score (nSPS) is 18.4. The standard InChI is InChI=1S/C26H27N3O4S/c1-2-32-26(31)23-22(20-13-8-14-33-20)19(15-27)25(29-24(23)17-9-4-3-5-10-17)34-16-21(30)28-18-11-6-7-12-18/h3-5,8-10,13-14,18,22,29H,2,6-7,11-12,16H2,1H3,(H,28,30)/t22-/m0/s1. The molecular weight excluding hydrogens is 450 g/mol. The molecule has 7 nitrogen and oxygen atoms in total. The summed E-state index contributed by atoms with van der Waals surface area (Å²) in [5.74, 6) is -0.726. The van der Waals surface area contributed by atoms with Gasteiger partial charge < -0.3 is 19.8 Å². The van der Waals surface area contributed by atoms with Gasteiger partial charge in [0.25, 0.3) is 0 Å². The summed E-state index contributed by atoms with van der Waals surface area (Å²) in [7, 11) is 0. The molecule has 0 radical (unpaired) electrons. The van der Waals surface area contributed by atoms with Crippen LogP contribution in [-0.2, 0) is 14.3 Å². The van der Waals surface area contributed by atoms with Crippen LogP contribution in [-0.4, -0.2) is 30.3 Å². The maximum Gasteiger partial charge on any atom is 0.337 e. The summed E-state index contributed by atoms with van der Waals surface area (Å²) in [5.41, 5.74) is 1.93. The molecule has 1 aliphatic carbocycles. The molecule has 1 aromatic heterocycles. The minimum atomic E-state index is -0.754. The molecule has 0 spiro atoms. The Morgan fingerprint density at radius 3 is 2.62 bits per heavy atom. The van der Waals surface area contributed by atoms with Crippen LogP contribution >= 0.6 is 11.8 Å². The van der Waals surface area contributed by atoms with E-state index in [2.05, 4.69) is 16.7 Å². The average Bonchev–Trinajstić information content (AvgIpc) is 3.57. The van der Waals surface area contributed by atoms with Crippen molar-refractivity contribution in [2.24, 2.45) is 0 Å². The molecule has 1 atom stereocenters. The van der Waals surface area contributed by atoms with Gasteiger partial charge in [-0.15, -0.1) is 0 Å². The molecule has 176 valence electrons. The van der Waals surface area contributed by atoms with Crippen molar-refractivity contribution in [2.45, 2.75) is 44.6 Å². The topological polar surface area (TPSA) is 104 Å². The van der Waals surface area contributed by atoms with Crippen LogP contribution in [0, 0.1) is 11.3 Å². The molecule has 8 heteroatoms. The van der Waals surface area contributed by atoms with Crippen LogP contribution in [0.15, 0.2) is 69.3 Å². The van der Waals surface area contributed by atoms with E-state index in [0.717, 1.165) is 31.2 Å². The number of hydrogen-bond donors (Lipinski definition) is 2. The predicted octanol–water partition coefficient (Wildman–Crippen LogP) is 4.47. The molecular formula is C26H27N3O4S. The summed E-state index contributed by atoms with van der Waals surface area (Å²) >= 11 is 1.25. The quantitative estimate of drug-likeness (QED) is 0.541. The number of allylic oxidation sites excluding steroid dienone is 1. The number of thioether (sulfide) groups is 1. The lowest BCUT2D eigenvalue weighted by Crippen LogP contribution is -2.34. The number of nitrogens with one attached hydrogen (secondary N) is 2. The van der Waals surface area contributed by atoms with Crippen LogP contribution in [0.2, 0.25) is 0 Å². The molecule has 2 N–H and O–H groups in total. The summed E-state index contributed by atoms with van der Waals surface area (Å²) in [4.78, 5) is 25.7. The Morgan fingerprint density at radius 1 is 1.21 bits per heavy atom. The molecule has 4 rings (SSSR count). The highest BCUT2D eigenvalue weighted by Gasteiger charge is 2.39. The lowest BCUT2D eigenvalue weighted by molar-refractivity contribution is -0.138. The summed E-state index contributed by atoms with van der Waals surface area (Å²) < 4.78 is 11.0. The smallest absolute Gasteiger partial charge is 0.337 e. The van der Waals surface area contributed by atoms with Gasteiger partial charge in [0.1, 0.15) is 5.76 Å². The van der Waals surface area contributed by atoms with Gasteiger partial charge in [-0.3, -0.25) is 4.79 Å². The predicted molar refractivity (Wildman–Crippen MR) is 130 cm³/mol. The number of benzene rings is 1. The number of amides is 1. The molecule has 1 saturated carbocycles. The first-order valence-corrected chi connectivity index (χ1v) is 12.4.